The molecule has 1 saturated carbocycles. The lowest BCUT2D eigenvalue weighted by Crippen LogP contribution is -2.11. The minimum absolute atomic E-state index is 0.165. The van der Waals surface area contributed by atoms with Gasteiger partial charge in [-0.25, -0.2) is 9.97 Å². The first-order valence-corrected chi connectivity index (χ1v) is 4.77. The van der Waals surface area contributed by atoms with Crippen molar-refractivity contribution in [3.63, 3.8) is 0 Å². The number of nitrogens with two attached hydrogens (primary N) is 1. The van der Waals surface area contributed by atoms with Crippen LogP contribution in [0.25, 0.3) is 0 Å². The highest BCUT2D eigenvalue weighted by Gasteiger charge is 2.42. The summed E-state index contributed by atoms with van der Waals surface area (Å²) in [7, 11) is 1.65. The van der Waals surface area contributed by atoms with Gasteiger partial charge in [-0.15, -0.1) is 0 Å². The fourth-order valence-corrected chi connectivity index (χ4v) is 1.42. The molecule has 4 heteroatoms. The number of rotatable bonds is 3. The number of hydrogen-bond donors (Lipinski definition) is 1. The monoisotopic (exact) mass is 193 g/mol. The zero-order valence-corrected chi connectivity index (χ0v) is 8.58. The summed E-state index contributed by atoms with van der Waals surface area (Å²) >= 11 is 0. The van der Waals surface area contributed by atoms with Crippen LogP contribution in [0.5, 0.6) is 0 Å². The molecule has 1 aliphatic carbocycles. The first-order valence-electron chi connectivity index (χ1n) is 4.77. The van der Waals surface area contributed by atoms with E-state index in [0.717, 1.165) is 24.4 Å². The average Bonchev–Trinajstić information content (AvgIpc) is 2.85. The van der Waals surface area contributed by atoms with Crippen molar-refractivity contribution < 1.29 is 4.74 Å². The number of ether oxygens (including phenoxy) is 1. The molecule has 2 rings (SSSR count). The Hall–Kier alpha value is -1.16. The third-order valence-electron chi connectivity index (χ3n) is 2.63. The van der Waals surface area contributed by atoms with Gasteiger partial charge in [0.15, 0.2) is 0 Å². The Bertz CT molecular complexity index is 347. The predicted molar refractivity (Wildman–Crippen MR) is 53.7 cm³/mol. The quantitative estimate of drug-likeness (QED) is 0.785. The Morgan fingerprint density at radius 2 is 2.21 bits per heavy atom. The second-order valence-electron chi connectivity index (χ2n) is 4.10. The molecular formula is C10H15N3O. The van der Waals surface area contributed by atoms with E-state index in [-0.39, 0.29) is 5.41 Å². The highest BCUT2D eigenvalue weighted by atomic mass is 16.5. The summed E-state index contributed by atoms with van der Waals surface area (Å²) in [5, 5.41) is 0. The summed E-state index contributed by atoms with van der Waals surface area (Å²) in [5.74, 6) is 1.40. The van der Waals surface area contributed by atoms with Crippen molar-refractivity contribution >= 4 is 5.82 Å². The lowest BCUT2D eigenvalue weighted by atomic mass is 10.1. The molecule has 0 aliphatic heterocycles. The molecule has 0 radical (unpaired) electrons. The van der Waals surface area contributed by atoms with Crippen LogP contribution in [0, 0.1) is 0 Å². The molecule has 2 N–H and O–H groups in total. The van der Waals surface area contributed by atoms with E-state index in [2.05, 4.69) is 16.9 Å². The minimum atomic E-state index is 0.165. The van der Waals surface area contributed by atoms with Crippen molar-refractivity contribution in [1.82, 2.24) is 9.97 Å². The molecule has 4 nitrogen and oxygen atoms in total. The van der Waals surface area contributed by atoms with Crippen molar-refractivity contribution in [3.05, 3.63) is 17.6 Å². The number of anilines is 1. The summed E-state index contributed by atoms with van der Waals surface area (Å²) in [4.78, 5) is 8.70. The molecule has 1 aliphatic rings. The lowest BCUT2D eigenvalue weighted by Gasteiger charge is -2.09. The zero-order chi connectivity index (χ0) is 10.2. The SMILES string of the molecule is COCc1cc(N)nc(C2(C)CC2)n1. The van der Waals surface area contributed by atoms with Gasteiger partial charge in [-0.3, -0.25) is 0 Å². The average molecular weight is 193 g/mol. The van der Waals surface area contributed by atoms with Gasteiger partial charge in [-0.1, -0.05) is 6.92 Å². The zero-order valence-electron chi connectivity index (χ0n) is 8.58. The molecule has 1 aromatic heterocycles. The molecule has 0 aromatic carbocycles. The van der Waals surface area contributed by atoms with Gasteiger partial charge < -0.3 is 10.5 Å². The van der Waals surface area contributed by atoms with Crippen LogP contribution in [0.4, 0.5) is 5.82 Å². The molecule has 1 heterocycles. The van der Waals surface area contributed by atoms with Crippen molar-refractivity contribution in [2.75, 3.05) is 12.8 Å². The Kier molecular flexibility index (Phi) is 2.15. The molecule has 76 valence electrons. The number of methoxy groups -OCH3 is 1. The van der Waals surface area contributed by atoms with E-state index in [1.165, 1.54) is 0 Å². The Morgan fingerprint density at radius 1 is 1.50 bits per heavy atom. The second-order valence-corrected chi connectivity index (χ2v) is 4.10. The number of nitrogen functional groups attached to an aromatic ring is 1. The molecule has 0 atom stereocenters. The molecule has 1 fully saturated rings. The van der Waals surface area contributed by atoms with Crippen LogP contribution in [-0.4, -0.2) is 17.1 Å². The maximum absolute atomic E-state index is 5.71. The third kappa shape index (κ3) is 1.70. The van der Waals surface area contributed by atoms with Gasteiger partial charge in [-0.05, 0) is 12.8 Å². The predicted octanol–water partition coefficient (Wildman–Crippen LogP) is 1.26. The van der Waals surface area contributed by atoms with Gasteiger partial charge in [0.1, 0.15) is 11.6 Å². The van der Waals surface area contributed by atoms with E-state index in [0.29, 0.717) is 12.4 Å². The number of nitrogens with zero attached hydrogens (tertiary/aromatic N) is 2. The molecule has 0 unspecified atom stereocenters. The van der Waals surface area contributed by atoms with Crippen molar-refractivity contribution in [1.29, 1.82) is 0 Å². The standard InChI is InChI=1S/C10H15N3O/c1-10(3-4-10)9-12-7(6-14-2)5-8(11)13-9/h5H,3-4,6H2,1-2H3,(H2,11,12,13). The summed E-state index contributed by atoms with van der Waals surface area (Å²) < 4.78 is 5.03. The highest BCUT2D eigenvalue weighted by Crippen LogP contribution is 2.45. The molecule has 0 spiro atoms. The van der Waals surface area contributed by atoms with Gasteiger partial charge in [0.05, 0.1) is 12.3 Å². The van der Waals surface area contributed by atoms with Crippen LogP contribution in [0.3, 0.4) is 0 Å². The van der Waals surface area contributed by atoms with Gasteiger partial charge in [0.2, 0.25) is 0 Å². The number of hydrogen-bond acceptors (Lipinski definition) is 4. The molecule has 0 bridgehead atoms. The summed E-state index contributed by atoms with van der Waals surface area (Å²) in [6.45, 7) is 2.66. The van der Waals surface area contributed by atoms with E-state index in [1.807, 2.05) is 0 Å². The normalized spacial score (nSPS) is 18.1. The second kappa shape index (κ2) is 3.20. The fourth-order valence-electron chi connectivity index (χ4n) is 1.42. The first kappa shape index (κ1) is 9.40. The van der Waals surface area contributed by atoms with Gasteiger partial charge in [0, 0.05) is 18.6 Å². The van der Waals surface area contributed by atoms with E-state index >= 15 is 0 Å². The van der Waals surface area contributed by atoms with Crippen LogP contribution < -0.4 is 5.73 Å². The molecule has 14 heavy (non-hydrogen) atoms. The molecular weight excluding hydrogens is 178 g/mol. The van der Waals surface area contributed by atoms with E-state index in [9.17, 15) is 0 Å². The number of aromatic nitrogens is 2. The summed E-state index contributed by atoms with van der Waals surface area (Å²) in [6, 6.07) is 1.76. The Morgan fingerprint density at radius 3 is 2.79 bits per heavy atom. The fraction of sp³-hybridized carbons (Fsp3) is 0.600. The van der Waals surface area contributed by atoms with Crippen molar-refractivity contribution in [2.45, 2.75) is 31.8 Å². The largest absolute Gasteiger partial charge is 0.384 e. The van der Waals surface area contributed by atoms with Crippen LogP contribution in [-0.2, 0) is 16.8 Å². The van der Waals surface area contributed by atoms with E-state index in [1.54, 1.807) is 13.2 Å². The van der Waals surface area contributed by atoms with E-state index < -0.39 is 0 Å². The third-order valence-corrected chi connectivity index (χ3v) is 2.63. The minimum Gasteiger partial charge on any atom is -0.384 e. The van der Waals surface area contributed by atoms with Gasteiger partial charge in [-0.2, -0.15) is 0 Å². The van der Waals surface area contributed by atoms with Gasteiger partial charge >= 0.3 is 0 Å². The van der Waals surface area contributed by atoms with Crippen LogP contribution in [0.15, 0.2) is 6.07 Å². The summed E-state index contributed by atoms with van der Waals surface area (Å²) in [5.41, 5.74) is 6.74. The lowest BCUT2D eigenvalue weighted by molar-refractivity contribution is 0.181. The topological polar surface area (TPSA) is 61.0 Å². The molecule has 0 saturated heterocycles. The van der Waals surface area contributed by atoms with Crippen LogP contribution in [0.1, 0.15) is 31.3 Å². The Balaban J connectivity index is 2.32. The van der Waals surface area contributed by atoms with E-state index in [4.69, 9.17) is 10.5 Å². The maximum atomic E-state index is 5.71. The Labute approximate surface area is 83.5 Å². The smallest absolute Gasteiger partial charge is 0.136 e. The first-order chi connectivity index (χ1) is 6.64. The maximum Gasteiger partial charge on any atom is 0.136 e. The van der Waals surface area contributed by atoms with Crippen LogP contribution in [0.2, 0.25) is 0 Å². The summed E-state index contributed by atoms with van der Waals surface area (Å²) in [6.07, 6.45) is 2.31. The highest BCUT2D eigenvalue weighted by molar-refractivity contribution is 5.32. The van der Waals surface area contributed by atoms with Gasteiger partial charge in [0.25, 0.3) is 0 Å². The molecule has 1 aromatic rings. The van der Waals surface area contributed by atoms with Crippen LogP contribution >= 0.6 is 0 Å². The molecule has 0 amide bonds. The van der Waals surface area contributed by atoms with Crippen molar-refractivity contribution in [3.8, 4) is 0 Å². The van der Waals surface area contributed by atoms with Crippen molar-refractivity contribution in [2.24, 2.45) is 0 Å².